The van der Waals surface area contributed by atoms with E-state index in [-0.39, 0.29) is 29.8 Å². The second-order valence-electron chi connectivity index (χ2n) is 5.38. The number of anilines is 1. The number of hydrogen-bond acceptors (Lipinski definition) is 3. The fraction of sp³-hybridized carbons (Fsp3) is 0.471. The first-order chi connectivity index (χ1) is 11.2. The van der Waals surface area contributed by atoms with Crippen LogP contribution in [0.25, 0.3) is 0 Å². The number of aliphatic imine (C=N–C) groups is 1. The second-order valence-corrected chi connectivity index (χ2v) is 5.38. The summed E-state index contributed by atoms with van der Waals surface area (Å²) < 4.78 is 18.4. The van der Waals surface area contributed by atoms with E-state index in [1.807, 2.05) is 18.2 Å². The molecular formula is C17H26FIN4O. The summed E-state index contributed by atoms with van der Waals surface area (Å²) >= 11 is 0. The predicted molar refractivity (Wildman–Crippen MR) is 108 cm³/mol. The van der Waals surface area contributed by atoms with E-state index in [1.54, 1.807) is 0 Å². The minimum atomic E-state index is -0.209. The van der Waals surface area contributed by atoms with Crippen molar-refractivity contribution in [3.8, 4) is 0 Å². The van der Waals surface area contributed by atoms with Gasteiger partial charge in [0.1, 0.15) is 5.82 Å². The van der Waals surface area contributed by atoms with Gasteiger partial charge in [-0.3, -0.25) is 4.99 Å². The average molecular weight is 448 g/mol. The molecule has 0 unspecified atom stereocenters. The molecule has 2 N–H and O–H groups in total. The molecular weight excluding hydrogens is 422 g/mol. The molecule has 1 aromatic carbocycles. The van der Waals surface area contributed by atoms with Crippen molar-refractivity contribution in [2.75, 3.05) is 50.8 Å². The normalized spacial score (nSPS) is 15.1. The third-order valence-corrected chi connectivity index (χ3v) is 3.77. The van der Waals surface area contributed by atoms with E-state index < -0.39 is 0 Å². The van der Waals surface area contributed by atoms with E-state index in [0.29, 0.717) is 25.7 Å². The monoisotopic (exact) mass is 448 g/mol. The number of halogens is 2. The Morgan fingerprint density at radius 1 is 1.21 bits per heavy atom. The largest absolute Gasteiger partial charge is 0.379 e. The highest BCUT2D eigenvalue weighted by molar-refractivity contribution is 14.0. The molecule has 0 amide bonds. The summed E-state index contributed by atoms with van der Waals surface area (Å²) in [5, 5.41) is 0. The molecule has 1 aliphatic rings. The summed E-state index contributed by atoms with van der Waals surface area (Å²) in [5.41, 5.74) is 7.07. The van der Waals surface area contributed by atoms with Crippen molar-refractivity contribution < 1.29 is 9.13 Å². The van der Waals surface area contributed by atoms with Crippen LogP contribution in [-0.4, -0.2) is 56.8 Å². The molecule has 0 aromatic heterocycles. The van der Waals surface area contributed by atoms with Gasteiger partial charge in [-0.25, -0.2) is 4.39 Å². The van der Waals surface area contributed by atoms with Crippen LogP contribution in [0.15, 0.2) is 41.9 Å². The van der Waals surface area contributed by atoms with Crippen molar-refractivity contribution >= 4 is 35.6 Å². The number of hydrogen-bond donors (Lipinski definition) is 1. The predicted octanol–water partition coefficient (Wildman–Crippen LogP) is 2.47. The van der Waals surface area contributed by atoms with Gasteiger partial charge in [0.15, 0.2) is 5.96 Å². The van der Waals surface area contributed by atoms with Crippen LogP contribution in [0.5, 0.6) is 0 Å². The molecule has 1 aliphatic heterocycles. The molecule has 1 heterocycles. The maximum Gasteiger partial charge on any atom is 0.191 e. The van der Waals surface area contributed by atoms with Crippen LogP contribution in [0, 0.1) is 5.82 Å². The van der Waals surface area contributed by atoms with Crippen molar-refractivity contribution in [3.05, 3.63) is 42.7 Å². The van der Waals surface area contributed by atoms with E-state index in [1.165, 1.54) is 12.1 Å². The van der Waals surface area contributed by atoms with Crippen LogP contribution in [0.3, 0.4) is 0 Å². The van der Waals surface area contributed by atoms with Crippen LogP contribution in [0.2, 0.25) is 0 Å². The van der Waals surface area contributed by atoms with Crippen molar-refractivity contribution in [3.63, 3.8) is 0 Å². The first-order valence-corrected chi connectivity index (χ1v) is 7.94. The lowest BCUT2D eigenvalue weighted by Gasteiger charge is -2.36. The Kier molecular flexibility index (Phi) is 9.70. The van der Waals surface area contributed by atoms with Crippen LogP contribution in [-0.2, 0) is 4.74 Å². The molecule has 0 radical (unpaired) electrons. The van der Waals surface area contributed by atoms with E-state index in [2.05, 4.69) is 21.4 Å². The first kappa shape index (κ1) is 20.7. The molecule has 24 heavy (non-hydrogen) atoms. The molecule has 0 saturated carbocycles. The summed E-state index contributed by atoms with van der Waals surface area (Å²) in [6.07, 6.45) is 2.68. The Hall–Kier alpha value is -1.35. The van der Waals surface area contributed by atoms with Gasteiger partial charge in [0.25, 0.3) is 0 Å². The lowest BCUT2D eigenvalue weighted by Crippen LogP contribution is -2.51. The minimum absolute atomic E-state index is 0. The van der Waals surface area contributed by atoms with Gasteiger partial charge in [0, 0.05) is 31.9 Å². The van der Waals surface area contributed by atoms with Crippen molar-refractivity contribution in [2.24, 2.45) is 10.7 Å². The molecule has 1 aromatic rings. The van der Waals surface area contributed by atoms with Crippen molar-refractivity contribution in [2.45, 2.75) is 6.42 Å². The van der Waals surface area contributed by atoms with E-state index >= 15 is 0 Å². The molecule has 0 spiro atoms. The Bertz CT molecular complexity index is 516. The fourth-order valence-electron chi connectivity index (χ4n) is 2.44. The highest BCUT2D eigenvalue weighted by Gasteiger charge is 2.18. The average Bonchev–Trinajstić information content (AvgIpc) is 2.58. The summed E-state index contributed by atoms with van der Waals surface area (Å²) in [5.74, 6) is 0.357. The molecule has 1 fully saturated rings. The van der Waals surface area contributed by atoms with Gasteiger partial charge in [-0.2, -0.15) is 0 Å². The maximum atomic E-state index is 13.0. The summed E-state index contributed by atoms with van der Waals surface area (Å²) in [6.45, 7) is 8.77. The number of ether oxygens (including phenoxy) is 1. The molecule has 1 saturated heterocycles. The van der Waals surface area contributed by atoms with Gasteiger partial charge in [0.05, 0.1) is 19.8 Å². The smallest absolute Gasteiger partial charge is 0.191 e. The van der Waals surface area contributed by atoms with Gasteiger partial charge in [-0.1, -0.05) is 6.08 Å². The van der Waals surface area contributed by atoms with Crippen molar-refractivity contribution in [1.29, 1.82) is 0 Å². The Morgan fingerprint density at radius 2 is 1.88 bits per heavy atom. The number of benzene rings is 1. The topological polar surface area (TPSA) is 54.1 Å². The van der Waals surface area contributed by atoms with E-state index in [4.69, 9.17) is 10.5 Å². The highest BCUT2D eigenvalue weighted by Crippen LogP contribution is 2.16. The number of guanidine groups is 1. The van der Waals surface area contributed by atoms with Gasteiger partial charge in [-0.05, 0) is 30.7 Å². The molecule has 0 bridgehead atoms. The Morgan fingerprint density at radius 3 is 2.50 bits per heavy atom. The molecule has 0 atom stereocenters. The van der Waals surface area contributed by atoms with Crippen LogP contribution >= 0.6 is 24.0 Å². The Balaban J connectivity index is 0.00000288. The lowest BCUT2D eigenvalue weighted by atomic mass is 10.2. The number of rotatable bonds is 7. The van der Waals surface area contributed by atoms with E-state index in [0.717, 1.165) is 38.3 Å². The Labute approximate surface area is 160 Å². The summed E-state index contributed by atoms with van der Waals surface area (Å²) in [6, 6.07) is 6.60. The zero-order valence-electron chi connectivity index (χ0n) is 13.9. The van der Waals surface area contributed by atoms with Crippen molar-refractivity contribution in [1.82, 2.24) is 4.90 Å². The quantitative estimate of drug-likeness (QED) is 0.229. The molecule has 5 nitrogen and oxygen atoms in total. The van der Waals surface area contributed by atoms with Gasteiger partial charge in [0.2, 0.25) is 0 Å². The SMILES string of the molecule is C=CCCOCCN=C(N)N1CCN(c2ccc(F)cc2)CC1.I. The van der Waals surface area contributed by atoms with Crippen LogP contribution in [0.1, 0.15) is 6.42 Å². The summed E-state index contributed by atoms with van der Waals surface area (Å²) in [7, 11) is 0. The van der Waals surface area contributed by atoms with Crippen LogP contribution < -0.4 is 10.6 Å². The maximum absolute atomic E-state index is 13.0. The van der Waals surface area contributed by atoms with E-state index in [9.17, 15) is 4.39 Å². The number of piperazine rings is 1. The number of nitrogens with two attached hydrogens (primary N) is 1. The minimum Gasteiger partial charge on any atom is -0.379 e. The molecule has 2 rings (SSSR count). The van der Waals surface area contributed by atoms with Gasteiger partial charge >= 0.3 is 0 Å². The zero-order chi connectivity index (χ0) is 16.5. The van der Waals surface area contributed by atoms with Crippen LogP contribution in [0.4, 0.5) is 10.1 Å². The standard InChI is InChI=1S/C17H25FN4O.HI/c1-2-3-13-23-14-8-20-17(19)22-11-9-21(10-12-22)16-6-4-15(18)5-7-16;/h2,4-7H,1,3,8-14H2,(H2,19,20);1H. The zero-order valence-corrected chi connectivity index (χ0v) is 16.2. The molecule has 0 aliphatic carbocycles. The lowest BCUT2D eigenvalue weighted by molar-refractivity contribution is 0.146. The fourth-order valence-corrected chi connectivity index (χ4v) is 2.44. The highest BCUT2D eigenvalue weighted by atomic mass is 127. The molecule has 134 valence electrons. The summed E-state index contributed by atoms with van der Waals surface area (Å²) in [4.78, 5) is 8.65. The molecule has 7 heteroatoms. The van der Waals surface area contributed by atoms with Gasteiger partial charge in [-0.15, -0.1) is 30.6 Å². The number of nitrogens with zero attached hydrogens (tertiary/aromatic N) is 3. The first-order valence-electron chi connectivity index (χ1n) is 7.94. The second kappa shape index (κ2) is 11.2. The third-order valence-electron chi connectivity index (χ3n) is 3.77. The third kappa shape index (κ3) is 6.64. The van der Waals surface area contributed by atoms with Gasteiger partial charge < -0.3 is 20.3 Å².